The van der Waals surface area contributed by atoms with Gasteiger partial charge in [0, 0.05) is 41.6 Å². The Morgan fingerprint density at radius 2 is 0.982 bits per heavy atom. The van der Waals surface area contributed by atoms with Gasteiger partial charge in [0.15, 0.2) is 5.71 Å². The van der Waals surface area contributed by atoms with Gasteiger partial charge in [-0.3, -0.25) is 0 Å². The molecule has 2 aliphatic heterocycles. The number of hydrogen-bond acceptors (Lipinski definition) is 3. The minimum absolute atomic E-state index is 0.0962. The Balaban J connectivity index is 0.000000175. The molecule has 0 atom stereocenters. The van der Waals surface area contributed by atoms with Gasteiger partial charge in [-0.15, -0.1) is 0 Å². The third-order valence-corrected chi connectivity index (χ3v) is 12.2. The molecule has 0 aromatic heterocycles. The maximum Gasteiger partial charge on any atom is 0.209 e. The molecule has 2 heterocycles. The van der Waals surface area contributed by atoms with Crippen molar-refractivity contribution in [1.82, 2.24) is 0 Å². The molecule has 0 saturated heterocycles. The maximum atomic E-state index is 5.46. The van der Waals surface area contributed by atoms with Crippen LogP contribution in [0.25, 0.3) is 0 Å². The molecule has 0 N–H and O–H groups in total. The normalized spacial score (nSPS) is 16.0. The summed E-state index contributed by atoms with van der Waals surface area (Å²) >= 11 is 0. The smallest absolute Gasteiger partial charge is 0.209 e. The number of rotatable bonds is 8. The molecule has 2 aliphatic rings. The number of benzene rings is 6. The first-order valence-corrected chi connectivity index (χ1v) is 19.5. The molecule has 6 aromatic rings. The standard InChI is InChI=1S/C27H33N2O2.C24H20B/c1-26(2)20-16-18(30-7)12-14-22(20)28(5)24(26)10-9-11-25-27(3,4)21-17-19(31-8)13-15-23(21)29(25)6;1-5-13-21(14-6-1)25(22-15-7-2-8-16-22,23-17-9-3-10-18-23)24-19-11-4-12-20-24/h9-17H,1-8H3;1-20H/q+1;-1. The zero-order chi connectivity index (χ0) is 39.5. The number of fused-ring (bicyclic) bond motifs is 2. The van der Waals surface area contributed by atoms with Crippen LogP contribution in [0.2, 0.25) is 0 Å². The lowest BCUT2D eigenvalue weighted by atomic mass is 9.13. The van der Waals surface area contributed by atoms with Gasteiger partial charge < -0.3 is 14.4 Å². The molecule has 282 valence electrons. The summed E-state index contributed by atoms with van der Waals surface area (Å²) in [5.74, 6) is 1.80. The number of methoxy groups -OCH3 is 2. The lowest BCUT2D eigenvalue weighted by Crippen LogP contribution is -2.74. The first kappa shape index (κ1) is 38.2. The second kappa shape index (κ2) is 15.6. The van der Waals surface area contributed by atoms with Crippen LogP contribution >= 0.6 is 0 Å². The van der Waals surface area contributed by atoms with Crippen LogP contribution in [-0.2, 0) is 10.8 Å². The first-order valence-electron chi connectivity index (χ1n) is 19.5. The van der Waals surface area contributed by atoms with Gasteiger partial charge in [0.2, 0.25) is 5.69 Å². The van der Waals surface area contributed by atoms with E-state index in [0.29, 0.717) is 0 Å². The van der Waals surface area contributed by atoms with Crippen LogP contribution in [0.4, 0.5) is 11.4 Å². The van der Waals surface area contributed by atoms with E-state index in [1.54, 1.807) is 14.2 Å². The second-order valence-corrected chi connectivity index (χ2v) is 15.9. The van der Waals surface area contributed by atoms with E-state index in [1.807, 2.05) is 12.1 Å². The Kier molecular flexibility index (Phi) is 10.6. The van der Waals surface area contributed by atoms with Gasteiger partial charge in [0.25, 0.3) is 0 Å². The van der Waals surface area contributed by atoms with Crippen molar-refractivity contribution in [1.29, 1.82) is 0 Å². The fourth-order valence-electron chi connectivity index (χ4n) is 9.24. The van der Waals surface area contributed by atoms with Crippen molar-refractivity contribution in [2.45, 2.75) is 38.5 Å². The quantitative estimate of drug-likeness (QED) is 0.116. The van der Waals surface area contributed by atoms with Crippen LogP contribution < -0.4 is 36.2 Å². The molecule has 6 aromatic carbocycles. The molecule has 8 rings (SSSR count). The molecule has 0 aliphatic carbocycles. The third kappa shape index (κ3) is 6.66. The fourth-order valence-corrected chi connectivity index (χ4v) is 9.24. The zero-order valence-electron chi connectivity index (χ0n) is 34.0. The molecular formula is C51H53BN2O2. The Bertz CT molecular complexity index is 2240. The summed E-state index contributed by atoms with van der Waals surface area (Å²) in [4.78, 5) is 2.28. The van der Waals surface area contributed by atoms with Crippen LogP contribution in [0.1, 0.15) is 38.8 Å². The van der Waals surface area contributed by atoms with Crippen LogP contribution in [0.5, 0.6) is 11.5 Å². The number of anilines is 1. The van der Waals surface area contributed by atoms with E-state index >= 15 is 0 Å². The van der Waals surface area contributed by atoms with Crippen LogP contribution in [0.3, 0.4) is 0 Å². The summed E-state index contributed by atoms with van der Waals surface area (Å²) < 4.78 is 13.2. The van der Waals surface area contributed by atoms with E-state index in [1.165, 1.54) is 55.8 Å². The van der Waals surface area contributed by atoms with E-state index in [-0.39, 0.29) is 10.8 Å². The van der Waals surface area contributed by atoms with E-state index in [9.17, 15) is 0 Å². The van der Waals surface area contributed by atoms with E-state index in [2.05, 4.69) is 215 Å². The highest BCUT2D eigenvalue weighted by Gasteiger charge is 2.43. The molecule has 0 saturated carbocycles. The third-order valence-electron chi connectivity index (χ3n) is 12.2. The van der Waals surface area contributed by atoms with Gasteiger partial charge in [0.05, 0.1) is 19.6 Å². The van der Waals surface area contributed by atoms with Crippen molar-refractivity contribution in [3.63, 3.8) is 0 Å². The van der Waals surface area contributed by atoms with Crippen LogP contribution in [0, 0.1) is 0 Å². The van der Waals surface area contributed by atoms with E-state index in [0.717, 1.165) is 11.5 Å². The van der Waals surface area contributed by atoms with Gasteiger partial charge in [-0.2, -0.15) is 26.4 Å². The average Bonchev–Trinajstić information content (AvgIpc) is 3.55. The number of allylic oxidation sites excluding steroid dienone is 4. The molecule has 0 bridgehead atoms. The Morgan fingerprint density at radius 1 is 0.554 bits per heavy atom. The molecular weight excluding hydrogens is 683 g/mol. The Labute approximate surface area is 334 Å². The van der Waals surface area contributed by atoms with Crippen molar-refractivity contribution in [3.05, 3.63) is 193 Å². The van der Waals surface area contributed by atoms with Gasteiger partial charge in [-0.1, -0.05) is 141 Å². The highest BCUT2D eigenvalue weighted by atomic mass is 16.5. The SMILES string of the molecule is COc1ccc2c(c1)C(C)(C)C(/C=C/C=C1/N(C)c3ccc(OC)cc3C1(C)C)=[N+]2C.c1ccc([B-](c2ccccc2)(c2ccccc2)c2ccccc2)cc1. The molecule has 0 fully saturated rings. The van der Waals surface area contributed by atoms with Crippen molar-refractivity contribution >= 4 is 45.1 Å². The molecule has 0 unspecified atom stereocenters. The van der Waals surface area contributed by atoms with Gasteiger partial charge in [0.1, 0.15) is 24.7 Å². The lowest BCUT2D eigenvalue weighted by Gasteiger charge is -2.44. The van der Waals surface area contributed by atoms with Crippen LogP contribution in [0.15, 0.2) is 182 Å². The summed E-state index contributed by atoms with van der Waals surface area (Å²) in [5, 5.41) is 0. The molecule has 56 heavy (non-hydrogen) atoms. The molecule has 0 radical (unpaired) electrons. The highest BCUT2D eigenvalue weighted by molar-refractivity contribution is 7.19. The minimum Gasteiger partial charge on any atom is -0.497 e. The lowest BCUT2D eigenvalue weighted by molar-refractivity contribution is -0.401. The Morgan fingerprint density at radius 3 is 1.43 bits per heavy atom. The fraction of sp³-hybridized carbons (Fsp3) is 0.196. The topological polar surface area (TPSA) is 24.7 Å². The van der Waals surface area contributed by atoms with Crippen LogP contribution in [-0.4, -0.2) is 44.7 Å². The van der Waals surface area contributed by atoms with Crippen molar-refractivity contribution in [2.75, 3.05) is 33.2 Å². The minimum atomic E-state index is -1.22. The number of ether oxygens (including phenoxy) is 2. The summed E-state index contributed by atoms with van der Waals surface area (Å²) in [6.45, 7) is 9.09. The number of hydrogen-bond donors (Lipinski definition) is 0. The van der Waals surface area contributed by atoms with Crippen molar-refractivity contribution in [3.8, 4) is 11.5 Å². The maximum absolute atomic E-state index is 5.46. The summed E-state index contributed by atoms with van der Waals surface area (Å²) in [7, 11) is 7.72. The number of likely N-dealkylation sites (N-methyl/N-ethyl adjacent to an activating group) is 1. The summed E-state index contributed by atoms with van der Waals surface area (Å²) in [5.41, 5.74) is 12.7. The molecule has 5 heteroatoms. The van der Waals surface area contributed by atoms with Crippen molar-refractivity contribution < 1.29 is 14.0 Å². The predicted octanol–water partition coefficient (Wildman–Crippen LogP) is 8.64. The zero-order valence-corrected chi connectivity index (χ0v) is 34.0. The van der Waals surface area contributed by atoms with Gasteiger partial charge >= 0.3 is 0 Å². The van der Waals surface area contributed by atoms with Crippen molar-refractivity contribution in [2.24, 2.45) is 0 Å². The second-order valence-electron chi connectivity index (χ2n) is 15.9. The largest absolute Gasteiger partial charge is 0.497 e. The molecule has 0 amide bonds. The highest BCUT2D eigenvalue weighted by Crippen LogP contribution is 2.48. The monoisotopic (exact) mass is 736 g/mol. The summed E-state index contributed by atoms with van der Waals surface area (Å²) in [6.07, 6.45) is 5.46. The van der Waals surface area contributed by atoms with E-state index < -0.39 is 6.15 Å². The predicted molar refractivity (Wildman–Crippen MR) is 239 cm³/mol. The average molecular weight is 737 g/mol. The molecule has 4 nitrogen and oxygen atoms in total. The Hall–Kier alpha value is -6.07. The first-order chi connectivity index (χ1) is 27.0. The summed E-state index contributed by atoms with van der Waals surface area (Å²) in [6, 6.07) is 56.2. The van der Waals surface area contributed by atoms with Gasteiger partial charge in [-0.05, 0) is 55.8 Å². The molecule has 0 spiro atoms. The van der Waals surface area contributed by atoms with E-state index in [4.69, 9.17) is 9.47 Å². The number of nitrogens with zero attached hydrogens (tertiary/aromatic N) is 2. The van der Waals surface area contributed by atoms with Gasteiger partial charge in [-0.25, -0.2) is 0 Å².